The highest BCUT2D eigenvalue weighted by Gasteiger charge is 2.08. The number of rotatable bonds is 2. The third-order valence-electron chi connectivity index (χ3n) is 2.40. The minimum atomic E-state index is 0.612. The summed E-state index contributed by atoms with van der Waals surface area (Å²) in [4.78, 5) is 0. The second-order valence-electron chi connectivity index (χ2n) is 4.39. The van der Waals surface area contributed by atoms with Crippen LogP contribution < -0.4 is 0 Å². The Bertz CT molecular complexity index is 486. The quantitative estimate of drug-likeness (QED) is 0.810. The second kappa shape index (κ2) is 3.97. The summed E-state index contributed by atoms with van der Waals surface area (Å²) in [5.74, 6) is 0.612. The molecule has 1 aromatic carbocycles. The molecule has 0 atom stereocenters. The van der Waals surface area contributed by atoms with E-state index in [1.807, 2.05) is 0 Å². The average molecular weight is 267 g/mol. The lowest BCUT2D eigenvalue weighted by Gasteiger charge is -2.06. The standard InChI is InChI=1S/C12H15BrN2/c1-8(2)7-15-11-5-4-9(3)6-10(11)12(13)14-15/h4-6,8H,7H2,1-3H3. The Morgan fingerprint density at radius 3 is 2.80 bits per heavy atom. The smallest absolute Gasteiger partial charge is 0.136 e. The van der Waals surface area contributed by atoms with Gasteiger partial charge in [0.25, 0.3) is 0 Å². The van der Waals surface area contributed by atoms with Gasteiger partial charge in [0.2, 0.25) is 0 Å². The summed E-state index contributed by atoms with van der Waals surface area (Å²) >= 11 is 3.51. The summed E-state index contributed by atoms with van der Waals surface area (Å²) < 4.78 is 3.02. The van der Waals surface area contributed by atoms with Crippen molar-refractivity contribution in [1.82, 2.24) is 9.78 Å². The van der Waals surface area contributed by atoms with Crippen molar-refractivity contribution in [2.45, 2.75) is 27.3 Å². The molecule has 0 fully saturated rings. The second-order valence-corrected chi connectivity index (χ2v) is 5.14. The van der Waals surface area contributed by atoms with Gasteiger partial charge in [-0.05, 0) is 40.9 Å². The van der Waals surface area contributed by atoms with Crippen LogP contribution in [-0.2, 0) is 6.54 Å². The van der Waals surface area contributed by atoms with Gasteiger partial charge in [0.05, 0.1) is 5.52 Å². The molecule has 2 aromatic rings. The van der Waals surface area contributed by atoms with E-state index in [1.54, 1.807) is 0 Å². The lowest BCUT2D eigenvalue weighted by atomic mass is 10.2. The molecule has 0 aliphatic carbocycles. The maximum Gasteiger partial charge on any atom is 0.136 e. The van der Waals surface area contributed by atoms with E-state index >= 15 is 0 Å². The van der Waals surface area contributed by atoms with Crippen molar-refractivity contribution < 1.29 is 0 Å². The molecule has 0 amide bonds. The molecule has 0 radical (unpaired) electrons. The van der Waals surface area contributed by atoms with Crippen LogP contribution in [0.4, 0.5) is 0 Å². The van der Waals surface area contributed by atoms with E-state index in [0.717, 1.165) is 11.1 Å². The number of hydrogen-bond donors (Lipinski definition) is 0. The average Bonchev–Trinajstić information content (AvgIpc) is 2.42. The number of hydrogen-bond acceptors (Lipinski definition) is 1. The van der Waals surface area contributed by atoms with Crippen molar-refractivity contribution in [3.63, 3.8) is 0 Å². The predicted octanol–water partition coefficient (Wildman–Crippen LogP) is 3.76. The van der Waals surface area contributed by atoms with Gasteiger partial charge >= 0.3 is 0 Å². The maximum absolute atomic E-state index is 4.50. The van der Waals surface area contributed by atoms with E-state index in [2.05, 4.69) is 64.7 Å². The highest BCUT2D eigenvalue weighted by Crippen LogP contribution is 2.24. The normalized spacial score (nSPS) is 11.5. The van der Waals surface area contributed by atoms with Crippen LogP contribution in [0.3, 0.4) is 0 Å². The zero-order valence-corrected chi connectivity index (χ0v) is 10.9. The Balaban J connectivity index is 2.57. The van der Waals surface area contributed by atoms with Gasteiger partial charge in [0.15, 0.2) is 0 Å². The number of fused-ring (bicyclic) bond motifs is 1. The largest absolute Gasteiger partial charge is 0.263 e. The molecule has 0 aliphatic heterocycles. The molecule has 0 bridgehead atoms. The Kier molecular flexibility index (Phi) is 2.83. The summed E-state index contributed by atoms with van der Waals surface area (Å²) in [6.07, 6.45) is 0. The first-order chi connectivity index (χ1) is 7.08. The molecular formula is C12H15BrN2. The highest BCUT2D eigenvalue weighted by atomic mass is 79.9. The van der Waals surface area contributed by atoms with Gasteiger partial charge in [-0.25, -0.2) is 0 Å². The van der Waals surface area contributed by atoms with Gasteiger partial charge in [-0.2, -0.15) is 5.10 Å². The van der Waals surface area contributed by atoms with Crippen molar-refractivity contribution in [2.24, 2.45) is 5.92 Å². The van der Waals surface area contributed by atoms with E-state index in [0.29, 0.717) is 5.92 Å². The zero-order valence-electron chi connectivity index (χ0n) is 9.29. The fourth-order valence-electron chi connectivity index (χ4n) is 1.74. The first-order valence-corrected chi connectivity index (χ1v) is 6.00. The van der Waals surface area contributed by atoms with Crippen LogP contribution in [0.1, 0.15) is 19.4 Å². The van der Waals surface area contributed by atoms with Crippen molar-refractivity contribution in [3.05, 3.63) is 28.4 Å². The minimum absolute atomic E-state index is 0.612. The van der Waals surface area contributed by atoms with Crippen LogP contribution in [0.5, 0.6) is 0 Å². The Labute approximate surface area is 98.4 Å². The Hall–Kier alpha value is -0.830. The van der Waals surface area contributed by atoms with Gasteiger partial charge < -0.3 is 0 Å². The van der Waals surface area contributed by atoms with Crippen molar-refractivity contribution >= 4 is 26.8 Å². The van der Waals surface area contributed by atoms with Gasteiger partial charge in [-0.15, -0.1) is 0 Å². The van der Waals surface area contributed by atoms with E-state index in [4.69, 9.17) is 0 Å². The summed E-state index contributed by atoms with van der Waals surface area (Å²) in [6, 6.07) is 6.45. The molecule has 0 saturated heterocycles. The predicted molar refractivity (Wildman–Crippen MR) is 67.0 cm³/mol. The SMILES string of the molecule is Cc1ccc2c(c1)c(Br)nn2CC(C)C. The van der Waals surface area contributed by atoms with Crippen molar-refractivity contribution in [2.75, 3.05) is 0 Å². The molecule has 0 saturated carbocycles. The number of halogens is 1. The number of aryl methyl sites for hydroxylation is 1. The van der Waals surface area contributed by atoms with Gasteiger partial charge in [0, 0.05) is 11.9 Å². The van der Waals surface area contributed by atoms with Gasteiger partial charge in [-0.1, -0.05) is 25.5 Å². The van der Waals surface area contributed by atoms with Gasteiger partial charge in [-0.3, -0.25) is 4.68 Å². The van der Waals surface area contributed by atoms with Crippen LogP contribution >= 0.6 is 15.9 Å². The molecule has 2 nitrogen and oxygen atoms in total. The summed E-state index contributed by atoms with van der Waals surface area (Å²) in [5, 5.41) is 5.71. The molecule has 0 N–H and O–H groups in total. The first kappa shape index (κ1) is 10.7. The molecule has 0 aliphatic rings. The van der Waals surface area contributed by atoms with E-state index < -0.39 is 0 Å². The first-order valence-electron chi connectivity index (χ1n) is 5.20. The molecule has 1 heterocycles. The topological polar surface area (TPSA) is 17.8 Å². The maximum atomic E-state index is 4.50. The number of aromatic nitrogens is 2. The van der Waals surface area contributed by atoms with Crippen molar-refractivity contribution in [3.8, 4) is 0 Å². The van der Waals surface area contributed by atoms with Crippen LogP contribution in [-0.4, -0.2) is 9.78 Å². The molecule has 2 rings (SSSR count). The van der Waals surface area contributed by atoms with Crippen LogP contribution in [0.2, 0.25) is 0 Å². The molecule has 0 spiro atoms. The number of benzene rings is 1. The fourth-order valence-corrected chi connectivity index (χ4v) is 2.25. The lowest BCUT2D eigenvalue weighted by Crippen LogP contribution is -2.05. The molecule has 1 aromatic heterocycles. The van der Waals surface area contributed by atoms with E-state index in [1.165, 1.54) is 16.5 Å². The third-order valence-corrected chi connectivity index (χ3v) is 2.98. The Morgan fingerprint density at radius 2 is 2.13 bits per heavy atom. The van der Waals surface area contributed by atoms with Crippen LogP contribution in [0.25, 0.3) is 10.9 Å². The van der Waals surface area contributed by atoms with Crippen LogP contribution in [0, 0.1) is 12.8 Å². The van der Waals surface area contributed by atoms with Gasteiger partial charge in [0.1, 0.15) is 4.60 Å². The van der Waals surface area contributed by atoms with Crippen LogP contribution in [0.15, 0.2) is 22.8 Å². The third kappa shape index (κ3) is 2.07. The lowest BCUT2D eigenvalue weighted by molar-refractivity contribution is 0.493. The van der Waals surface area contributed by atoms with E-state index in [-0.39, 0.29) is 0 Å². The summed E-state index contributed by atoms with van der Waals surface area (Å²) in [5.41, 5.74) is 2.48. The molecule has 15 heavy (non-hydrogen) atoms. The Morgan fingerprint density at radius 1 is 1.40 bits per heavy atom. The molecule has 3 heteroatoms. The monoisotopic (exact) mass is 266 g/mol. The number of nitrogens with zero attached hydrogens (tertiary/aromatic N) is 2. The minimum Gasteiger partial charge on any atom is -0.263 e. The fraction of sp³-hybridized carbons (Fsp3) is 0.417. The highest BCUT2D eigenvalue weighted by molar-refractivity contribution is 9.10. The van der Waals surface area contributed by atoms with E-state index in [9.17, 15) is 0 Å². The molecule has 0 unspecified atom stereocenters. The van der Waals surface area contributed by atoms with Crippen molar-refractivity contribution in [1.29, 1.82) is 0 Å². The molecular weight excluding hydrogens is 252 g/mol. The summed E-state index contributed by atoms with van der Waals surface area (Å²) in [7, 11) is 0. The molecule has 80 valence electrons. The summed E-state index contributed by atoms with van der Waals surface area (Å²) in [6.45, 7) is 7.47. The zero-order chi connectivity index (χ0) is 11.0.